The molecule has 1 unspecified atom stereocenters. The standard InChI is InChI=1S/C15H22N4/c1-12(2)10-19-11-17-18-15(19)14(16)9-8-13-6-4-3-5-7-13/h3-7,11-12,14H,8-10,16H2,1-2H3. The van der Waals surface area contributed by atoms with E-state index in [0.717, 1.165) is 25.2 Å². The van der Waals surface area contributed by atoms with Gasteiger partial charge in [0.25, 0.3) is 0 Å². The van der Waals surface area contributed by atoms with Crippen LogP contribution >= 0.6 is 0 Å². The Kier molecular flexibility index (Phi) is 4.68. The van der Waals surface area contributed by atoms with E-state index in [-0.39, 0.29) is 6.04 Å². The number of nitrogens with two attached hydrogens (primary N) is 1. The SMILES string of the molecule is CC(C)Cn1cnnc1C(N)CCc1ccccc1. The van der Waals surface area contributed by atoms with Crippen molar-refractivity contribution in [1.82, 2.24) is 14.8 Å². The molecule has 0 aliphatic heterocycles. The van der Waals surface area contributed by atoms with Crippen molar-refractivity contribution in [2.75, 3.05) is 0 Å². The van der Waals surface area contributed by atoms with Crippen LogP contribution in [0.15, 0.2) is 36.7 Å². The Hall–Kier alpha value is -1.68. The minimum atomic E-state index is -0.0542. The van der Waals surface area contributed by atoms with Gasteiger partial charge in [0.1, 0.15) is 12.2 Å². The highest BCUT2D eigenvalue weighted by atomic mass is 15.3. The molecule has 19 heavy (non-hydrogen) atoms. The fraction of sp³-hybridized carbons (Fsp3) is 0.467. The fourth-order valence-corrected chi connectivity index (χ4v) is 2.18. The molecule has 102 valence electrons. The Bertz CT molecular complexity index is 490. The summed E-state index contributed by atoms with van der Waals surface area (Å²) in [5.41, 5.74) is 7.55. The number of rotatable bonds is 6. The molecule has 0 saturated carbocycles. The van der Waals surface area contributed by atoms with Gasteiger partial charge < -0.3 is 10.3 Å². The van der Waals surface area contributed by atoms with Crippen molar-refractivity contribution >= 4 is 0 Å². The second-order valence-electron chi connectivity index (χ2n) is 5.37. The third-order valence-electron chi connectivity index (χ3n) is 3.13. The number of benzene rings is 1. The number of aryl methyl sites for hydroxylation is 1. The summed E-state index contributed by atoms with van der Waals surface area (Å²) in [6.45, 7) is 5.28. The second kappa shape index (κ2) is 6.48. The predicted molar refractivity (Wildman–Crippen MR) is 76.6 cm³/mol. The first kappa shape index (κ1) is 13.7. The Morgan fingerprint density at radius 1 is 1.21 bits per heavy atom. The van der Waals surface area contributed by atoms with E-state index in [1.165, 1.54) is 5.56 Å². The van der Waals surface area contributed by atoms with E-state index in [4.69, 9.17) is 5.73 Å². The summed E-state index contributed by atoms with van der Waals surface area (Å²) < 4.78 is 2.07. The summed E-state index contributed by atoms with van der Waals surface area (Å²) in [6.07, 6.45) is 3.63. The Labute approximate surface area is 114 Å². The number of hydrogen-bond donors (Lipinski definition) is 1. The zero-order valence-corrected chi connectivity index (χ0v) is 11.7. The summed E-state index contributed by atoms with van der Waals surface area (Å²) in [6, 6.07) is 10.4. The molecule has 0 bridgehead atoms. The molecule has 1 aromatic heterocycles. The molecule has 1 heterocycles. The van der Waals surface area contributed by atoms with Crippen molar-refractivity contribution in [2.45, 2.75) is 39.3 Å². The van der Waals surface area contributed by atoms with Crippen LogP contribution in [0.1, 0.15) is 37.7 Å². The van der Waals surface area contributed by atoms with Crippen molar-refractivity contribution in [3.63, 3.8) is 0 Å². The van der Waals surface area contributed by atoms with Crippen molar-refractivity contribution in [3.8, 4) is 0 Å². The van der Waals surface area contributed by atoms with E-state index in [1.807, 2.05) is 6.07 Å². The molecular formula is C15H22N4. The van der Waals surface area contributed by atoms with Crippen LogP contribution in [0.5, 0.6) is 0 Å². The lowest BCUT2D eigenvalue weighted by Gasteiger charge is -2.14. The Morgan fingerprint density at radius 3 is 2.63 bits per heavy atom. The lowest BCUT2D eigenvalue weighted by molar-refractivity contribution is 0.480. The van der Waals surface area contributed by atoms with E-state index < -0.39 is 0 Å². The number of hydrogen-bond acceptors (Lipinski definition) is 3. The van der Waals surface area contributed by atoms with Gasteiger partial charge in [0.15, 0.2) is 0 Å². The van der Waals surface area contributed by atoms with Crippen LogP contribution in [-0.4, -0.2) is 14.8 Å². The normalized spacial score (nSPS) is 12.8. The van der Waals surface area contributed by atoms with Gasteiger partial charge in [-0.05, 0) is 24.3 Å². The molecule has 4 nitrogen and oxygen atoms in total. The van der Waals surface area contributed by atoms with Crippen LogP contribution in [-0.2, 0) is 13.0 Å². The number of nitrogens with zero attached hydrogens (tertiary/aromatic N) is 3. The van der Waals surface area contributed by atoms with Gasteiger partial charge in [-0.15, -0.1) is 10.2 Å². The maximum atomic E-state index is 6.24. The lowest BCUT2D eigenvalue weighted by Crippen LogP contribution is -2.18. The van der Waals surface area contributed by atoms with Gasteiger partial charge in [0.05, 0.1) is 6.04 Å². The average Bonchev–Trinajstić information content (AvgIpc) is 2.84. The zero-order chi connectivity index (χ0) is 13.7. The molecule has 0 aliphatic carbocycles. The van der Waals surface area contributed by atoms with Gasteiger partial charge in [0, 0.05) is 6.54 Å². The monoisotopic (exact) mass is 258 g/mol. The molecule has 4 heteroatoms. The molecule has 1 aromatic carbocycles. The van der Waals surface area contributed by atoms with E-state index in [1.54, 1.807) is 6.33 Å². The van der Waals surface area contributed by atoms with Gasteiger partial charge in [-0.25, -0.2) is 0 Å². The van der Waals surface area contributed by atoms with Crippen molar-refractivity contribution < 1.29 is 0 Å². The molecule has 2 rings (SSSR count). The molecule has 0 saturated heterocycles. The first-order valence-corrected chi connectivity index (χ1v) is 6.84. The predicted octanol–water partition coefficient (Wildman–Crippen LogP) is 2.57. The van der Waals surface area contributed by atoms with Crippen LogP contribution in [0.25, 0.3) is 0 Å². The highest BCUT2D eigenvalue weighted by Crippen LogP contribution is 2.15. The molecule has 0 radical (unpaired) electrons. The molecule has 1 atom stereocenters. The quantitative estimate of drug-likeness (QED) is 0.866. The van der Waals surface area contributed by atoms with Crippen LogP contribution in [0, 0.1) is 5.92 Å². The molecule has 0 spiro atoms. The summed E-state index contributed by atoms with van der Waals surface area (Å²) in [5, 5.41) is 8.15. The number of aromatic nitrogens is 3. The smallest absolute Gasteiger partial charge is 0.149 e. The van der Waals surface area contributed by atoms with Crippen molar-refractivity contribution in [3.05, 3.63) is 48.0 Å². The first-order valence-electron chi connectivity index (χ1n) is 6.84. The average molecular weight is 258 g/mol. The highest BCUT2D eigenvalue weighted by molar-refractivity contribution is 5.15. The van der Waals surface area contributed by atoms with Gasteiger partial charge in [0.2, 0.25) is 0 Å². The molecular weight excluding hydrogens is 236 g/mol. The van der Waals surface area contributed by atoms with Crippen LogP contribution in [0.3, 0.4) is 0 Å². The third-order valence-corrected chi connectivity index (χ3v) is 3.13. The fourth-order valence-electron chi connectivity index (χ4n) is 2.18. The van der Waals surface area contributed by atoms with Crippen LogP contribution in [0.4, 0.5) is 0 Å². The molecule has 0 amide bonds. The Morgan fingerprint density at radius 2 is 1.95 bits per heavy atom. The maximum absolute atomic E-state index is 6.24. The summed E-state index contributed by atoms with van der Waals surface area (Å²) in [4.78, 5) is 0. The summed E-state index contributed by atoms with van der Waals surface area (Å²) >= 11 is 0. The zero-order valence-electron chi connectivity index (χ0n) is 11.7. The van der Waals surface area contributed by atoms with E-state index in [9.17, 15) is 0 Å². The van der Waals surface area contributed by atoms with Crippen molar-refractivity contribution in [1.29, 1.82) is 0 Å². The second-order valence-corrected chi connectivity index (χ2v) is 5.37. The molecule has 2 aromatic rings. The van der Waals surface area contributed by atoms with Crippen LogP contribution in [0.2, 0.25) is 0 Å². The Balaban J connectivity index is 1.96. The van der Waals surface area contributed by atoms with Gasteiger partial charge in [-0.1, -0.05) is 44.2 Å². The van der Waals surface area contributed by atoms with Gasteiger partial charge in [-0.2, -0.15) is 0 Å². The summed E-state index contributed by atoms with van der Waals surface area (Å²) in [5.74, 6) is 1.46. The maximum Gasteiger partial charge on any atom is 0.149 e. The molecule has 0 fully saturated rings. The first-order chi connectivity index (χ1) is 9.16. The van der Waals surface area contributed by atoms with Crippen molar-refractivity contribution in [2.24, 2.45) is 11.7 Å². The van der Waals surface area contributed by atoms with E-state index >= 15 is 0 Å². The highest BCUT2D eigenvalue weighted by Gasteiger charge is 2.14. The third kappa shape index (κ3) is 3.89. The largest absolute Gasteiger partial charge is 0.321 e. The van der Waals surface area contributed by atoms with Crippen LogP contribution < -0.4 is 5.73 Å². The summed E-state index contributed by atoms with van der Waals surface area (Å²) in [7, 11) is 0. The van der Waals surface area contributed by atoms with E-state index in [0.29, 0.717) is 5.92 Å². The topological polar surface area (TPSA) is 56.7 Å². The molecule has 0 aliphatic rings. The minimum Gasteiger partial charge on any atom is -0.321 e. The van der Waals surface area contributed by atoms with Gasteiger partial charge in [-0.3, -0.25) is 0 Å². The lowest BCUT2D eigenvalue weighted by atomic mass is 10.1. The van der Waals surface area contributed by atoms with E-state index in [2.05, 4.69) is 52.9 Å². The minimum absolute atomic E-state index is 0.0542. The van der Waals surface area contributed by atoms with Gasteiger partial charge >= 0.3 is 0 Å². The molecule has 2 N–H and O–H groups in total.